The van der Waals surface area contributed by atoms with Crippen LogP contribution in [-0.4, -0.2) is 96.7 Å². The maximum Gasteiger partial charge on any atom is 0.472 e. The van der Waals surface area contributed by atoms with E-state index in [1.54, 1.807) is 0 Å². The number of carbonyl (C=O) groups excluding carboxylic acids is 4. The second-order valence-electron chi connectivity index (χ2n) is 29.2. The van der Waals surface area contributed by atoms with E-state index in [0.29, 0.717) is 31.6 Å². The molecule has 98 heavy (non-hydrogen) atoms. The summed E-state index contributed by atoms with van der Waals surface area (Å²) >= 11 is 0. The van der Waals surface area contributed by atoms with Crippen molar-refractivity contribution in [1.29, 1.82) is 0 Å². The lowest BCUT2D eigenvalue weighted by Gasteiger charge is -2.21. The number of hydrogen-bond acceptors (Lipinski definition) is 15. The van der Waals surface area contributed by atoms with Gasteiger partial charge in [0.05, 0.1) is 26.4 Å². The molecule has 3 N–H and O–H groups in total. The Morgan fingerprint density at radius 1 is 0.316 bits per heavy atom. The first-order chi connectivity index (χ1) is 47.2. The Morgan fingerprint density at radius 2 is 0.551 bits per heavy atom. The van der Waals surface area contributed by atoms with Gasteiger partial charge in [-0.05, 0) is 69.1 Å². The van der Waals surface area contributed by atoms with Gasteiger partial charge in [-0.15, -0.1) is 0 Å². The number of hydrogen-bond donors (Lipinski definition) is 3. The second-order valence-corrected chi connectivity index (χ2v) is 32.1. The molecule has 5 atom stereocenters. The number of ether oxygens (including phenoxy) is 4. The second kappa shape index (κ2) is 68.9. The molecular formula is C79H150O17P2. The summed E-state index contributed by atoms with van der Waals surface area (Å²) in [5, 5.41) is 10.6. The van der Waals surface area contributed by atoms with E-state index in [1.165, 1.54) is 167 Å². The molecule has 0 fully saturated rings. The van der Waals surface area contributed by atoms with Crippen molar-refractivity contribution in [3.05, 3.63) is 24.3 Å². The zero-order chi connectivity index (χ0) is 72.3. The molecule has 0 aromatic rings. The van der Waals surface area contributed by atoms with Gasteiger partial charge in [0, 0.05) is 25.7 Å². The van der Waals surface area contributed by atoms with E-state index in [2.05, 4.69) is 72.8 Å². The smallest absolute Gasteiger partial charge is 0.462 e. The van der Waals surface area contributed by atoms with Crippen LogP contribution in [0.4, 0.5) is 0 Å². The summed E-state index contributed by atoms with van der Waals surface area (Å²) in [5.74, 6) is 0.109. The predicted octanol–water partition coefficient (Wildman–Crippen LogP) is 22.9. The van der Waals surface area contributed by atoms with E-state index < -0.39 is 97.5 Å². The third-order valence-corrected chi connectivity index (χ3v) is 19.7. The summed E-state index contributed by atoms with van der Waals surface area (Å²) in [6.07, 6.45) is 59.3. The minimum atomic E-state index is -4.96. The molecule has 0 bridgehead atoms. The first-order valence-corrected chi connectivity index (χ1v) is 43.2. The fourth-order valence-corrected chi connectivity index (χ4v) is 13.2. The van der Waals surface area contributed by atoms with Gasteiger partial charge in [-0.25, -0.2) is 9.13 Å². The number of esters is 4. The van der Waals surface area contributed by atoms with Crippen molar-refractivity contribution in [3.63, 3.8) is 0 Å². The Morgan fingerprint density at radius 3 is 0.827 bits per heavy atom. The average Bonchev–Trinajstić information content (AvgIpc) is 0.939. The van der Waals surface area contributed by atoms with E-state index in [9.17, 15) is 43.2 Å². The van der Waals surface area contributed by atoms with E-state index >= 15 is 0 Å². The van der Waals surface area contributed by atoms with Crippen molar-refractivity contribution in [2.45, 2.75) is 401 Å². The quantitative estimate of drug-likeness (QED) is 0.0169. The topological polar surface area (TPSA) is 237 Å². The van der Waals surface area contributed by atoms with E-state index in [4.69, 9.17) is 37.0 Å². The Hall–Kier alpha value is -2.46. The molecule has 19 heteroatoms. The summed E-state index contributed by atoms with van der Waals surface area (Å²) in [5.41, 5.74) is 0. The van der Waals surface area contributed by atoms with Gasteiger partial charge in [0.15, 0.2) is 12.2 Å². The molecule has 0 amide bonds. The highest BCUT2D eigenvalue weighted by atomic mass is 31.2. The van der Waals surface area contributed by atoms with Crippen LogP contribution in [0.5, 0.6) is 0 Å². The van der Waals surface area contributed by atoms with Crippen LogP contribution in [0.2, 0.25) is 0 Å². The molecule has 3 unspecified atom stereocenters. The number of aliphatic hydroxyl groups is 1. The molecule has 0 rings (SSSR count). The molecule has 0 aliphatic carbocycles. The lowest BCUT2D eigenvalue weighted by atomic mass is 10.0. The molecule has 0 saturated heterocycles. The van der Waals surface area contributed by atoms with Gasteiger partial charge in [0.1, 0.15) is 19.3 Å². The van der Waals surface area contributed by atoms with Crippen molar-refractivity contribution in [3.8, 4) is 0 Å². The maximum atomic E-state index is 13.1. The molecular weight excluding hydrogens is 1280 g/mol. The molecule has 578 valence electrons. The number of phosphoric ester groups is 2. The van der Waals surface area contributed by atoms with Gasteiger partial charge in [-0.2, -0.15) is 0 Å². The van der Waals surface area contributed by atoms with Crippen molar-refractivity contribution in [1.82, 2.24) is 0 Å². The molecule has 0 saturated carbocycles. The number of phosphoric acid groups is 2. The first kappa shape index (κ1) is 95.5. The lowest BCUT2D eigenvalue weighted by molar-refractivity contribution is -0.161. The Bertz CT molecular complexity index is 2000. The molecule has 0 aromatic heterocycles. The minimum Gasteiger partial charge on any atom is -0.462 e. The Labute approximate surface area is 599 Å². The number of unbranched alkanes of at least 4 members (excludes halogenated alkanes) is 40. The summed E-state index contributed by atoms with van der Waals surface area (Å²) in [7, 11) is -9.93. The molecule has 0 spiro atoms. The Balaban J connectivity index is 5.22. The highest BCUT2D eigenvalue weighted by Gasteiger charge is 2.30. The van der Waals surface area contributed by atoms with E-state index in [0.717, 1.165) is 127 Å². The van der Waals surface area contributed by atoms with Crippen LogP contribution in [0, 0.1) is 17.8 Å². The van der Waals surface area contributed by atoms with E-state index in [-0.39, 0.29) is 25.7 Å². The van der Waals surface area contributed by atoms with Crippen LogP contribution in [0.15, 0.2) is 24.3 Å². The molecule has 0 aromatic carbocycles. The summed E-state index contributed by atoms with van der Waals surface area (Å²) < 4.78 is 68.5. The monoisotopic (exact) mass is 1430 g/mol. The Kier molecular flexibility index (Phi) is 67.2. The van der Waals surface area contributed by atoms with Crippen LogP contribution in [0.3, 0.4) is 0 Å². The molecule has 0 radical (unpaired) electrons. The molecule has 17 nitrogen and oxygen atoms in total. The number of rotatable bonds is 75. The highest BCUT2D eigenvalue weighted by Crippen LogP contribution is 2.45. The van der Waals surface area contributed by atoms with Gasteiger partial charge in [-0.3, -0.25) is 37.3 Å². The van der Waals surface area contributed by atoms with Gasteiger partial charge in [-0.1, -0.05) is 330 Å². The fourth-order valence-electron chi connectivity index (χ4n) is 11.6. The third-order valence-electron chi connectivity index (χ3n) is 17.8. The van der Waals surface area contributed by atoms with Crippen LogP contribution in [-0.2, 0) is 65.4 Å². The van der Waals surface area contributed by atoms with Gasteiger partial charge < -0.3 is 33.8 Å². The highest BCUT2D eigenvalue weighted by molar-refractivity contribution is 7.47. The largest absolute Gasteiger partial charge is 0.472 e. The zero-order valence-electron chi connectivity index (χ0n) is 63.7. The first-order valence-electron chi connectivity index (χ1n) is 40.2. The SMILES string of the molecule is CCCCCC/C=C\C=C/CCCCCCCC(=O)OC[C@H](COP(=O)(O)OCC(O)COP(=O)(O)OC[C@@H](COC(=O)CCCCCCCCCC(C)C)OC(=O)CCCCCCCCCCCCCCCCCCCCC(C)C)OC(=O)CCCCCCCCCCCC(C)C. The fraction of sp³-hybridized carbons (Fsp3) is 0.899. The van der Waals surface area contributed by atoms with Crippen molar-refractivity contribution < 1.29 is 80.2 Å². The van der Waals surface area contributed by atoms with Gasteiger partial charge in [0.2, 0.25) is 0 Å². The molecule has 0 aliphatic rings. The summed E-state index contributed by atoms with van der Waals surface area (Å²) in [6, 6.07) is 0. The van der Waals surface area contributed by atoms with E-state index in [1.807, 2.05) is 0 Å². The van der Waals surface area contributed by atoms with Crippen molar-refractivity contribution in [2.75, 3.05) is 39.6 Å². The van der Waals surface area contributed by atoms with Crippen LogP contribution >= 0.6 is 15.6 Å². The third kappa shape index (κ3) is 71.9. The summed E-state index contributed by atoms with van der Waals surface area (Å²) in [6.45, 7) is 11.8. The average molecular weight is 1430 g/mol. The number of allylic oxidation sites excluding steroid dienone is 4. The van der Waals surface area contributed by atoms with Crippen LogP contribution in [0.1, 0.15) is 382 Å². The van der Waals surface area contributed by atoms with Gasteiger partial charge in [0.25, 0.3) is 0 Å². The maximum absolute atomic E-state index is 13.1. The number of aliphatic hydroxyl groups excluding tert-OH is 1. The van der Waals surface area contributed by atoms with Crippen LogP contribution in [0.25, 0.3) is 0 Å². The van der Waals surface area contributed by atoms with Gasteiger partial charge >= 0.3 is 39.5 Å². The van der Waals surface area contributed by atoms with Crippen molar-refractivity contribution in [2.24, 2.45) is 17.8 Å². The molecule has 0 aliphatic heterocycles. The minimum absolute atomic E-state index is 0.0982. The van der Waals surface area contributed by atoms with Crippen LogP contribution < -0.4 is 0 Å². The lowest BCUT2D eigenvalue weighted by Crippen LogP contribution is -2.30. The normalized spacial score (nSPS) is 14.2. The number of carbonyl (C=O) groups is 4. The standard InChI is InChI=1S/C79H150O17P2/c1-8-9-10-11-12-13-14-15-20-24-27-32-39-46-53-60-76(81)89-66-74(96-79(84)63-56-49-41-34-29-31-37-44-51-58-71(4)5)68-93-97(85,86)91-64-73(80)65-92-98(87,88)94-69-75(67-90-77(82)61-54-47-42-35-38-45-52-59-72(6)7)95-78(83)62-55-48-40-33-28-25-22-19-17-16-18-21-23-26-30-36-43-50-57-70(2)3/h13-15,20,70-75,80H,8-12,16-19,21-69H2,1-7H3,(H,85,86)(H,87,88)/b14-13-,20-15-/t73?,74-,75-/m1/s1. The molecule has 0 heterocycles. The predicted molar refractivity (Wildman–Crippen MR) is 400 cm³/mol. The van der Waals surface area contributed by atoms with Crippen molar-refractivity contribution >= 4 is 39.5 Å². The zero-order valence-corrected chi connectivity index (χ0v) is 65.5. The summed E-state index contributed by atoms with van der Waals surface area (Å²) in [4.78, 5) is 72.9.